The van der Waals surface area contributed by atoms with E-state index in [9.17, 15) is 9.50 Å². The molecule has 0 aliphatic heterocycles. The van der Waals surface area contributed by atoms with Gasteiger partial charge in [0.15, 0.2) is 0 Å². The normalized spacial score (nSPS) is 11.5. The van der Waals surface area contributed by atoms with Crippen molar-refractivity contribution in [1.82, 2.24) is 25.1 Å². The van der Waals surface area contributed by atoms with Crippen molar-refractivity contribution in [3.8, 4) is 39.5 Å². The number of aromatic amines is 2. The molecule has 0 atom stereocenters. The molecule has 0 saturated carbocycles. The average Bonchev–Trinajstić information content (AvgIpc) is 3.42. The zero-order valence-corrected chi connectivity index (χ0v) is 17.6. The zero-order chi connectivity index (χ0) is 22.5. The second kappa shape index (κ2) is 7.27. The molecule has 4 aromatic heterocycles. The van der Waals surface area contributed by atoms with Gasteiger partial charge in [0.2, 0.25) is 0 Å². The lowest BCUT2D eigenvalue weighted by atomic mass is 10.0. The number of pyridine rings is 2. The zero-order valence-electron chi connectivity index (χ0n) is 17.6. The van der Waals surface area contributed by atoms with E-state index < -0.39 is 5.82 Å². The van der Waals surface area contributed by atoms with Crippen LogP contribution in [0.3, 0.4) is 0 Å². The summed E-state index contributed by atoms with van der Waals surface area (Å²) in [6.07, 6.45) is 5.31. The molecule has 4 heterocycles. The number of phenolic OH excluding ortho intramolecular Hbond substituents is 1. The van der Waals surface area contributed by atoms with Gasteiger partial charge < -0.3 is 10.1 Å². The number of phenols is 1. The minimum absolute atomic E-state index is 0.143. The van der Waals surface area contributed by atoms with E-state index in [-0.39, 0.29) is 5.75 Å². The van der Waals surface area contributed by atoms with Gasteiger partial charge in [-0.05, 0) is 60.5 Å². The number of rotatable bonds is 3. The number of nitrogens with zero attached hydrogens (tertiary/aromatic N) is 3. The quantitative estimate of drug-likeness (QED) is 0.319. The van der Waals surface area contributed by atoms with Gasteiger partial charge in [-0.15, -0.1) is 0 Å². The second-order valence-electron chi connectivity index (χ2n) is 8.03. The van der Waals surface area contributed by atoms with E-state index in [2.05, 4.69) is 44.2 Å². The summed E-state index contributed by atoms with van der Waals surface area (Å²) >= 11 is 0. The van der Waals surface area contributed by atoms with Gasteiger partial charge in [0.25, 0.3) is 0 Å². The number of fused-ring (bicyclic) bond motifs is 2. The van der Waals surface area contributed by atoms with E-state index in [1.165, 1.54) is 12.1 Å². The monoisotopic (exact) mass is 435 g/mol. The number of hydrogen-bond acceptors (Lipinski definition) is 4. The fraction of sp³-hybridized carbons (Fsp3) is 0.0385. The van der Waals surface area contributed by atoms with Crippen LogP contribution in [0.1, 0.15) is 5.56 Å². The molecule has 0 saturated heterocycles. The molecule has 0 radical (unpaired) electrons. The van der Waals surface area contributed by atoms with E-state index >= 15 is 0 Å². The maximum Gasteiger partial charge on any atom is 0.127 e. The first-order valence-corrected chi connectivity index (χ1v) is 10.4. The minimum atomic E-state index is -0.518. The van der Waals surface area contributed by atoms with Crippen LogP contribution in [0.2, 0.25) is 0 Å². The molecule has 0 aliphatic rings. The van der Waals surface area contributed by atoms with Gasteiger partial charge in [-0.25, -0.2) is 4.39 Å². The third-order valence-electron chi connectivity index (χ3n) is 5.87. The second-order valence-corrected chi connectivity index (χ2v) is 8.03. The Morgan fingerprint density at radius 1 is 0.848 bits per heavy atom. The predicted octanol–water partition coefficient (Wildman–Crippen LogP) is 5.99. The number of aryl methyl sites for hydroxylation is 1. The standard InChI is InChI=1S/C26H18FN5O/c1-14-4-6-28-13-21(14)15-2-3-23-19(10-15)26(32-31-23)24-12-20-22(30-24)5-7-29-25(20)16-8-17(27)11-18(33)9-16/h2-13,30,33H,1H3,(H,31,32). The SMILES string of the molecule is Cc1ccncc1-c1ccc2[nH]nc(-c3cc4c(-c5cc(O)cc(F)c5)nccc4[nH]3)c2c1. The molecule has 160 valence electrons. The molecular formula is C26H18FN5O. The van der Waals surface area contributed by atoms with Crippen molar-refractivity contribution >= 4 is 21.8 Å². The van der Waals surface area contributed by atoms with Gasteiger partial charge in [0, 0.05) is 52.1 Å². The van der Waals surface area contributed by atoms with Crippen LogP contribution in [0.5, 0.6) is 5.75 Å². The van der Waals surface area contributed by atoms with E-state index in [1.807, 2.05) is 30.5 Å². The number of H-pyrrole nitrogens is 2. The van der Waals surface area contributed by atoms with Gasteiger partial charge in [0.1, 0.15) is 17.3 Å². The molecule has 0 aliphatic carbocycles. The first-order chi connectivity index (χ1) is 16.1. The molecule has 0 unspecified atom stereocenters. The summed E-state index contributed by atoms with van der Waals surface area (Å²) in [5, 5.41) is 19.3. The van der Waals surface area contributed by atoms with Crippen molar-refractivity contribution in [2.24, 2.45) is 0 Å². The Morgan fingerprint density at radius 2 is 1.73 bits per heavy atom. The van der Waals surface area contributed by atoms with Crippen molar-refractivity contribution in [3.63, 3.8) is 0 Å². The molecule has 6 rings (SSSR count). The first kappa shape index (κ1) is 19.2. The lowest BCUT2D eigenvalue weighted by molar-refractivity contribution is 0.469. The summed E-state index contributed by atoms with van der Waals surface area (Å²) in [7, 11) is 0. The van der Waals surface area contributed by atoms with Crippen LogP contribution in [0.15, 0.2) is 73.2 Å². The highest BCUT2D eigenvalue weighted by atomic mass is 19.1. The molecule has 3 N–H and O–H groups in total. The molecule has 6 aromatic rings. The highest BCUT2D eigenvalue weighted by Gasteiger charge is 2.16. The van der Waals surface area contributed by atoms with Crippen LogP contribution >= 0.6 is 0 Å². The lowest BCUT2D eigenvalue weighted by Gasteiger charge is -2.05. The summed E-state index contributed by atoms with van der Waals surface area (Å²) in [6, 6.07) is 15.9. The van der Waals surface area contributed by atoms with Crippen LogP contribution < -0.4 is 0 Å². The topological polar surface area (TPSA) is 90.5 Å². The van der Waals surface area contributed by atoms with Gasteiger partial charge in [-0.2, -0.15) is 5.10 Å². The van der Waals surface area contributed by atoms with Gasteiger partial charge in [0.05, 0.1) is 16.9 Å². The average molecular weight is 435 g/mol. The number of hydrogen-bond donors (Lipinski definition) is 3. The summed E-state index contributed by atoms with van der Waals surface area (Å²) < 4.78 is 13.9. The predicted molar refractivity (Wildman–Crippen MR) is 126 cm³/mol. The Bertz CT molecular complexity index is 1650. The smallest absolute Gasteiger partial charge is 0.127 e. The van der Waals surface area contributed by atoms with Crippen molar-refractivity contribution in [3.05, 3.63) is 84.6 Å². The number of aromatic hydroxyl groups is 1. The van der Waals surface area contributed by atoms with Crippen molar-refractivity contribution in [1.29, 1.82) is 0 Å². The molecule has 6 nitrogen and oxygen atoms in total. The maximum atomic E-state index is 13.9. The van der Waals surface area contributed by atoms with Gasteiger partial charge in [-0.3, -0.25) is 15.1 Å². The van der Waals surface area contributed by atoms with Gasteiger partial charge >= 0.3 is 0 Å². The fourth-order valence-electron chi connectivity index (χ4n) is 4.28. The van der Waals surface area contributed by atoms with E-state index in [0.717, 1.165) is 56.0 Å². The maximum absolute atomic E-state index is 13.9. The number of benzene rings is 2. The minimum Gasteiger partial charge on any atom is -0.508 e. The third kappa shape index (κ3) is 3.22. The van der Waals surface area contributed by atoms with Gasteiger partial charge in [-0.1, -0.05) is 6.07 Å². The Balaban J connectivity index is 1.52. The summed E-state index contributed by atoms with van der Waals surface area (Å²) in [4.78, 5) is 12.1. The fourth-order valence-corrected chi connectivity index (χ4v) is 4.28. The van der Waals surface area contributed by atoms with E-state index in [1.54, 1.807) is 12.4 Å². The van der Waals surface area contributed by atoms with Crippen molar-refractivity contribution in [2.75, 3.05) is 0 Å². The summed E-state index contributed by atoms with van der Waals surface area (Å²) in [6.45, 7) is 2.06. The Kier molecular flexibility index (Phi) is 4.23. The van der Waals surface area contributed by atoms with Crippen LogP contribution in [0.4, 0.5) is 4.39 Å². The molecular weight excluding hydrogens is 417 g/mol. The molecule has 0 amide bonds. The molecule has 33 heavy (non-hydrogen) atoms. The van der Waals surface area contributed by atoms with Crippen molar-refractivity contribution < 1.29 is 9.50 Å². The summed E-state index contributed by atoms with van der Waals surface area (Å²) in [5.74, 6) is -0.660. The molecule has 2 aromatic carbocycles. The Morgan fingerprint density at radius 3 is 2.58 bits per heavy atom. The largest absolute Gasteiger partial charge is 0.508 e. The number of aromatic nitrogens is 5. The lowest BCUT2D eigenvalue weighted by Crippen LogP contribution is -1.85. The van der Waals surface area contributed by atoms with Crippen molar-refractivity contribution in [2.45, 2.75) is 6.92 Å². The molecule has 0 spiro atoms. The van der Waals surface area contributed by atoms with E-state index in [4.69, 9.17) is 0 Å². The Labute approximate surface area is 187 Å². The molecule has 0 bridgehead atoms. The number of halogens is 1. The van der Waals surface area contributed by atoms with E-state index in [0.29, 0.717) is 11.3 Å². The van der Waals surface area contributed by atoms with Crippen LogP contribution in [0, 0.1) is 12.7 Å². The Hall–Kier alpha value is -4.52. The number of nitrogens with one attached hydrogen (secondary N) is 2. The highest BCUT2D eigenvalue weighted by molar-refractivity contribution is 6.01. The highest BCUT2D eigenvalue weighted by Crippen LogP contribution is 2.35. The van der Waals surface area contributed by atoms with Crippen LogP contribution in [0.25, 0.3) is 55.6 Å². The third-order valence-corrected chi connectivity index (χ3v) is 5.87. The molecule has 0 fully saturated rings. The first-order valence-electron chi connectivity index (χ1n) is 10.4. The summed E-state index contributed by atoms with van der Waals surface area (Å²) in [5.41, 5.74) is 7.71. The van der Waals surface area contributed by atoms with Crippen LogP contribution in [-0.2, 0) is 0 Å². The van der Waals surface area contributed by atoms with Crippen LogP contribution in [-0.4, -0.2) is 30.3 Å². The molecule has 7 heteroatoms.